The van der Waals surface area contributed by atoms with Crippen molar-refractivity contribution in [3.05, 3.63) is 23.7 Å². The molecule has 1 saturated heterocycles. The molecule has 0 amide bonds. The van der Waals surface area contributed by atoms with Crippen LogP contribution in [0.1, 0.15) is 17.9 Å². The van der Waals surface area contributed by atoms with Crippen molar-refractivity contribution < 1.29 is 19.0 Å². The molecule has 2 heterocycles. The summed E-state index contributed by atoms with van der Waals surface area (Å²) in [6.07, 6.45) is 0.913. The Bertz CT molecular complexity index is 344. The Hall–Kier alpha value is -0.880. The van der Waals surface area contributed by atoms with Gasteiger partial charge in [-0.1, -0.05) is 0 Å². The highest BCUT2D eigenvalue weighted by atomic mass is 16.5. The first-order chi connectivity index (χ1) is 8.28. The molecule has 1 aromatic rings. The van der Waals surface area contributed by atoms with Gasteiger partial charge in [-0.05, 0) is 12.1 Å². The summed E-state index contributed by atoms with van der Waals surface area (Å²) in [6.45, 7) is 2.70. The third-order valence-electron chi connectivity index (χ3n) is 3.12. The summed E-state index contributed by atoms with van der Waals surface area (Å²) >= 11 is 0. The summed E-state index contributed by atoms with van der Waals surface area (Å²) in [5, 5.41) is 12.2. The van der Waals surface area contributed by atoms with Gasteiger partial charge in [-0.2, -0.15) is 0 Å². The Morgan fingerprint density at radius 2 is 2.29 bits per heavy atom. The van der Waals surface area contributed by atoms with Gasteiger partial charge in [-0.25, -0.2) is 0 Å². The first kappa shape index (κ1) is 12.6. The number of hydrogen-bond acceptors (Lipinski definition) is 5. The lowest BCUT2D eigenvalue weighted by Gasteiger charge is -2.25. The zero-order valence-corrected chi connectivity index (χ0v) is 10.1. The van der Waals surface area contributed by atoms with E-state index >= 15 is 0 Å². The quantitative estimate of drug-likeness (QED) is 0.766. The monoisotopic (exact) mass is 241 g/mol. The molecule has 1 aromatic heterocycles. The highest BCUT2D eigenvalue weighted by Gasteiger charge is 2.34. The molecule has 5 nitrogen and oxygen atoms in total. The van der Waals surface area contributed by atoms with E-state index in [1.54, 1.807) is 13.2 Å². The molecule has 2 rings (SSSR count). The molecule has 0 saturated carbocycles. The van der Waals surface area contributed by atoms with Gasteiger partial charge in [0.05, 0.1) is 13.2 Å². The van der Waals surface area contributed by atoms with Crippen LogP contribution >= 0.6 is 0 Å². The highest BCUT2D eigenvalue weighted by molar-refractivity contribution is 5.06. The number of aliphatic hydroxyl groups is 1. The number of rotatable bonds is 6. The summed E-state index contributed by atoms with van der Waals surface area (Å²) in [5.41, 5.74) is -0.202. The molecular formula is C12H19NO4. The lowest BCUT2D eigenvalue weighted by Crippen LogP contribution is -2.42. The van der Waals surface area contributed by atoms with Gasteiger partial charge in [0.25, 0.3) is 0 Å². The molecule has 2 N–H and O–H groups in total. The number of aliphatic hydroxyl groups excluding tert-OH is 1. The van der Waals surface area contributed by atoms with Crippen molar-refractivity contribution in [2.24, 2.45) is 0 Å². The molecular weight excluding hydrogens is 222 g/mol. The molecule has 1 aliphatic rings. The zero-order chi connectivity index (χ0) is 12.1. The largest absolute Gasteiger partial charge is 0.462 e. The van der Waals surface area contributed by atoms with E-state index in [1.807, 2.05) is 6.07 Å². The Labute approximate surface area is 101 Å². The average molecular weight is 241 g/mol. The minimum atomic E-state index is -0.202. The number of furan rings is 1. The molecule has 0 bridgehead atoms. The van der Waals surface area contributed by atoms with Crippen LogP contribution in [0.2, 0.25) is 0 Å². The molecule has 0 aromatic carbocycles. The van der Waals surface area contributed by atoms with Crippen LogP contribution in [0, 0.1) is 0 Å². The number of hydrogen-bond donors (Lipinski definition) is 2. The van der Waals surface area contributed by atoms with Gasteiger partial charge in [0, 0.05) is 26.7 Å². The Morgan fingerprint density at radius 1 is 1.47 bits per heavy atom. The van der Waals surface area contributed by atoms with E-state index in [0.717, 1.165) is 25.3 Å². The van der Waals surface area contributed by atoms with E-state index < -0.39 is 0 Å². The predicted molar refractivity (Wildman–Crippen MR) is 61.5 cm³/mol. The smallest absolute Gasteiger partial charge is 0.129 e. The van der Waals surface area contributed by atoms with Gasteiger partial charge in [0.15, 0.2) is 0 Å². The van der Waals surface area contributed by atoms with Gasteiger partial charge in [0.1, 0.15) is 23.7 Å². The van der Waals surface area contributed by atoms with Crippen molar-refractivity contribution in [1.29, 1.82) is 0 Å². The molecule has 1 unspecified atom stereocenters. The van der Waals surface area contributed by atoms with E-state index in [-0.39, 0.29) is 12.2 Å². The van der Waals surface area contributed by atoms with Crippen LogP contribution in [0.25, 0.3) is 0 Å². The standard InChI is InChI=1S/C12H19NO4/c1-15-12(4-5-16-9-12)8-13-6-10-2-3-11(7-14)17-10/h2-3,13-14H,4-9H2,1H3. The molecule has 0 aliphatic carbocycles. The van der Waals surface area contributed by atoms with Crippen LogP contribution in [-0.4, -0.2) is 37.6 Å². The second-order valence-electron chi connectivity index (χ2n) is 4.32. The van der Waals surface area contributed by atoms with E-state index in [2.05, 4.69) is 5.32 Å². The maximum absolute atomic E-state index is 8.88. The normalized spacial score (nSPS) is 24.4. The molecule has 0 spiro atoms. The van der Waals surface area contributed by atoms with Crippen molar-refractivity contribution in [2.75, 3.05) is 26.9 Å². The minimum Gasteiger partial charge on any atom is -0.462 e. The molecule has 1 atom stereocenters. The molecule has 17 heavy (non-hydrogen) atoms. The second-order valence-corrected chi connectivity index (χ2v) is 4.32. The van der Waals surface area contributed by atoms with Crippen LogP contribution < -0.4 is 5.32 Å². The van der Waals surface area contributed by atoms with Gasteiger partial charge in [0.2, 0.25) is 0 Å². The van der Waals surface area contributed by atoms with Crippen LogP contribution in [0.3, 0.4) is 0 Å². The molecule has 5 heteroatoms. The zero-order valence-electron chi connectivity index (χ0n) is 10.1. The predicted octanol–water partition coefficient (Wildman–Crippen LogP) is 0.667. The fourth-order valence-corrected chi connectivity index (χ4v) is 1.98. The van der Waals surface area contributed by atoms with Crippen molar-refractivity contribution >= 4 is 0 Å². The second kappa shape index (κ2) is 5.64. The molecule has 1 aliphatic heterocycles. The van der Waals surface area contributed by atoms with Gasteiger partial charge in [-0.3, -0.25) is 0 Å². The topological polar surface area (TPSA) is 63.9 Å². The van der Waals surface area contributed by atoms with E-state index in [4.69, 9.17) is 19.0 Å². The summed E-state index contributed by atoms with van der Waals surface area (Å²) in [5.74, 6) is 1.41. The first-order valence-corrected chi connectivity index (χ1v) is 5.80. The minimum absolute atomic E-state index is 0.0597. The van der Waals surface area contributed by atoms with Crippen LogP contribution in [-0.2, 0) is 22.6 Å². The summed E-state index contributed by atoms with van der Waals surface area (Å²) in [6, 6.07) is 3.64. The maximum atomic E-state index is 8.88. The van der Waals surface area contributed by atoms with Gasteiger partial charge in [-0.15, -0.1) is 0 Å². The molecule has 1 fully saturated rings. The maximum Gasteiger partial charge on any atom is 0.129 e. The van der Waals surface area contributed by atoms with E-state index in [9.17, 15) is 0 Å². The third-order valence-corrected chi connectivity index (χ3v) is 3.12. The third kappa shape index (κ3) is 3.07. The fourth-order valence-electron chi connectivity index (χ4n) is 1.98. The summed E-state index contributed by atoms with van der Waals surface area (Å²) in [7, 11) is 1.72. The highest BCUT2D eigenvalue weighted by Crippen LogP contribution is 2.21. The molecule has 96 valence electrons. The SMILES string of the molecule is COC1(CNCc2ccc(CO)o2)CCOC1. The van der Waals surface area contributed by atoms with Crippen LogP contribution in [0.5, 0.6) is 0 Å². The summed E-state index contributed by atoms with van der Waals surface area (Å²) in [4.78, 5) is 0. The Kier molecular flexibility index (Phi) is 4.17. The average Bonchev–Trinajstić information content (AvgIpc) is 2.98. The first-order valence-electron chi connectivity index (χ1n) is 5.80. The number of ether oxygens (including phenoxy) is 2. The van der Waals surface area contributed by atoms with Crippen molar-refractivity contribution in [1.82, 2.24) is 5.32 Å². The van der Waals surface area contributed by atoms with Crippen molar-refractivity contribution in [3.8, 4) is 0 Å². The van der Waals surface area contributed by atoms with E-state index in [1.165, 1.54) is 0 Å². The fraction of sp³-hybridized carbons (Fsp3) is 0.667. The van der Waals surface area contributed by atoms with Gasteiger partial charge >= 0.3 is 0 Å². The van der Waals surface area contributed by atoms with Gasteiger partial charge < -0.3 is 24.3 Å². The Balaban J connectivity index is 1.78. The number of methoxy groups -OCH3 is 1. The van der Waals surface area contributed by atoms with Crippen molar-refractivity contribution in [2.45, 2.75) is 25.2 Å². The lowest BCUT2D eigenvalue weighted by molar-refractivity contribution is -0.0161. The number of nitrogens with one attached hydrogen (secondary N) is 1. The lowest BCUT2D eigenvalue weighted by atomic mass is 10.0. The Morgan fingerprint density at radius 3 is 2.88 bits per heavy atom. The summed E-state index contributed by atoms with van der Waals surface area (Å²) < 4.78 is 16.2. The van der Waals surface area contributed by atoms with Crippen molar-refractivity contribution in [3.63, 3.8) is 0 Å². The van der Waals surface area contributed by atoms with Crippen LogP contribution in [0.4, 0.5) is 0 Å². The van der Waals surface area contributed by atoms with E-state index in [0.29, 0.717) is 18.9 Å². The van der Waals surface area contributed by atoms with Crippen LogP contribution in [0.15, 0.2) is 16.5 Å². The molecule has 0 radical (unpaired) electrons.